The molecule has 0 aliphatic heterocycles. The molecule has 0 aromatic heterocycles. The van der Waals surface area contributed by atoms with Crippen molar-refractivity contribution in [2.24, 2.45) is 0 Å². The lowest BCUT2D eigenvalue weighted by atomic mass is 10.0. The number of esters is 2. The number of aliphatic hydroxyl groups is 1. The molecule has 0 rings (SSSR count). The van der Waals surface area contributed by atoms with E-state index >= 15 is 0 Å². The first-order chi connectivity index (χ1) is 26.4. The van der Waals surface area contributed by atoms with E-state index in [0.29, 0.717) is 12.8 Å². The van der Waals surface area contributed by atoms with E-state index in [1.54, 1.807) is 0 Å². The van der Waals surface area contributed by atoms with Crippen LogP contribution in [0.4, 0.5) is 0 Å². The van der Waals surface area contributed by atoms with Crippen molar-refractivity contribution < 1.29 is 24.2 Å². The van der Waals surface area contributed by atoms with Crippen LogP contribution in [-0.2, 0) is 19.1 Å². The molecule has 1 N–H and O–H groups in total. The number of unbranched alkanes of at least 4 members (excludes halogenated alkanes) is 23. The second-order valence-electron chi connectivity index (χ2n) is 16.8. The largest absolute Gasteiger partial charge is 0.462 e. The highest BCUT2D eigenvalue weighted by Gasteiger charge is 2.16. The van der Waals surface area contributed by atoms with Crippen LogP contribution in [0.2, 0.25) is 0 Å². The predicted octanol–water partition coefficient (Wildman–Crippen LogP) is 14.2. The molecule has 0 fully saturated rings. The zero-order valence-electron chi connectivity index (χ0n) is 37.1. The van der Waals surface area contributed by atoms with Gasteiger partial charge < -0.3 is 14.6 Å². The maximum Gasteiger partial charge on any atom is 0.306 e. The molecule has 0 aromatic rings. The number of nitrogens with zero attached hydrogens (tertiary/aromatic N) is 1. The first-order valence-electron chi connectivity index (χ1n) is 24.1. The molecule has 0 aromatic carbocycles. The van der Waals surface area contributed by atoms with Gasteiger partial charge in [0.25, 0.3) is 0 Å². The number of ether oxygens (including phenoxy) is 2. The van der Waals surface area contributed by atoms with Gasteiger partial charge in [0, 0.05) is 18.9 Å². The second-order valence-corrected chi connectivity index (χ2v) is 16.8. The molecule has 54 heavy (non-hydrogen) atoms. The molecule has 0 amide bonds. The van der Waals surface area contributed by atoms with Crippen LogP contribution < -0.4 is 0 Å². The highest BCUT2D eigenvalue weighted by Crippen LogP contribution is 2.19. The van der Waals surface area contributed by atoms with Crippen molar-refractivity contribution in [1.29, 1.82) is 0 Å². The fraction of sp³-hybridized carbons (Fsp3) is 0.958. The summed E-state index contributed by atoms with van der Waals surface area (Å²) in [4.78, 5) is 27.7. The molecule has 2 atom stereocenters. The van der Waals surface area contributed by atoms with E-state index in [1.807, 2.05) is 0 Å². The average Bonchev–Trinajstić information content (AvgIpc) is 3.16. The molecule has 2 unspecified atom stereocenters. The average molecular weight is 766 g/mol. The molecule has 0 aliphatic carbocycles. The standard InChI is InChI=1S/C48H95NO5/c1-6-10-13-16-21-28-36-45(35-9-4)53-47(51)39-31-24-19-26-33-41-49(44(5)43-50)42-34-27-20-25-32-40-48(52)54-46(37-29-22-17-14-11-7-2)38-30-23-18-15-12-8-3/h44-46,50H,6-43H2,1-5H3. The van der Waals surface area contributed by atoms with Gasteiger partial charge >= 0.3 is 11.9 Å². The zero-order valence-corrected chi connectivity index (χ0v) is 37.1. The Morgan fingerprint density at radius 2 is 0.741 bits per heavy atom. The van der Waals surface area contributed by atoms with Gasteiger partial charge in [0.1, 0.15) is 12.2 Å². The lowest BCUT2D eigenvalue weighted by Crippen LogP contribution is -2.37. The van der Waals surface area contributed by atoms with Crippen LogP contribution in [-0.4, -0.2) is 59.9 Å². The summed E-state index contributed by atoms with van der Waals surface area (Å²) in [5.74, 6) is 0.00724. The van der Waals surface area contributed by atoms with Crippen LogP contribution in [0.5, 0.6) is 0 Å². The van der Waals surface area contributed by atoms with Crippen molar-refractivity contribution in [3.8, 4) is 0 Å². The van der Waals surface area contributed by atoms with Crippen LogP contribution in [0.3, 0.4) is 0 Å². The van der Waals surface area contributed by atoms with Gasteiger partial charge in [-0.15, -0.1) is 0 Å². The van der Waals surface area contributed by atoms with E-state index in [2.05, 4.69) is 39.5 Å². The minimum Gasteiger partial charge on any atom is -0.462 e. The van der Waals surface area contributed by atoms with Crippen LogP contribution in [0.15, 0.2) is 0 Å². The van der Waals surface area contributed by atoms with Crippen LogP contribution >= 0.6 is 0 Å². The Balaban J connectivity index is 4.19. The van der Waals surface area contributed by atoms with Crippen LogP contribution in [0, 0.1) is 0 Å². The molecule has 0 aliphatic rings. The maximum absolute atomic E-state index is 12.8. The molecule has 0 saturated carbocycles. The van der Waals surface area contributed by atoms with E-state index in [1.165, 1.54) is 116 Å². The number of hydrogen-bond donors (Lipinski definition) is 1. The van der Waals surface area contributed by atoms with Gasteiger partial charge in [-0.3, -0.25) is 14.5 Å². The summed E-state index contributed by atoms with van der Waals surface area (Å²) in [5.41, 5.74) is 0. The van der Waals surface area contributed by atoms with Crippen LogP contribution in [0.1, 0.15) is 259 Å². The summed E-state index contributed by atoms with van der Waals surface area (Å²) in [6.45, 7) is 13.3. The van der Waals surface area contributed by atoms with Crippen molar-refractivity contribution in [3.05, 3.63) is 0 Å². The third kappa shape index (κ3) is 35.3. The summed E-state index contributed by atoms with van der Waals surface area (Å²) in [6, 6.07) is 0.183. The molecule has 6 heteroatoms. The summed E-state index contributed by atoms with van der Waals surface area (Å²) in [6.07, 6.45) is 40.4. The SMILES string of the molecule is CCCCCCCCC(CCC)OC(=O)CCCCCCCN(CCCCCCCC(=O)OC(CCCCCCCC)CCCCCCCC)C(C)CO. The molecule has 0 radical (unpaired) electrons. The molecule has 0 saturated heterocycles. The normalized spacial score (nSPS) is 12.8. The first-order valence-corrected chi connectivity index (χ1v) is 24.1. The van der Waals surface area contributed by atoms with Gasteiger partial charge in [0.05, 0.1) is 6.61 Å². The molecule has 6 nitrogen and oxygen atoms in total. The summed E-state index contributed by atoms with van der Waals surface area (Å²) >= 11 is 0. The second kappa shape index (κ2) is 41.5. The smallest absolute Gasteiger partial charge is 0.306 e. The van der Waals surface area contributed by atoms with Crippen molar-refractivity contribution in [3.63, 3.8) is 0 Å². The van der Waals surface area contributed by atoms with Gasteiger partial charge in [-0.1, -0.05) is 169 Å². The molecule has 322 valence electrons. The Labute approximate surface area is 337 Å². The van der Waals surface area contributed by atoms with Crippen molar-refractivity contribution in [2.45, 2.75) is 278 Å². The van der Waals surface area contributed by atoms with Crippen molar-refractivity contribution in [1.82, 2.24) is 4.90 Å². The Hall–Kier alpha value is -1.14. The Morgan fingerprint density at radius 1 is 0.426 bits per heavy atom. The fourth-order valence-electron chi connectivity index (χ4n) is 7.69. The summed E-state index contributed by atoms with van der Waals surface area (Å²) in [7, 11) is 0. The minimum absolute atomic E-state index is 0.00597. The Kier molecular flexibility index (Phi) is 40.6. The van der Waals surface area contributed by atoms with Crippen LogP contribution in [0.25, 0.3) is 0 Å². The van der Waals surface area contributed by atoms with Crippen molar-refractivity contribution >= 4 is 11.9 Å². The van der Waals surface area contributed by atoms with Gasteiger partial charge in [-0.05, 0) is 90.6 Å². The summed E-state index contributed by atoms with van der Waals surface area (Å²) < 4.78 is 11.9. The number of rotatable bonds is 43. The van der Waals surface area contributed by atoms with Gasteiger partial charge in [0.15, 0.2) is 0 Å². The van der Waals surface area contributed by atoms with Gasteiger partial charge in [-0.2, -0.15) is 0 Å². The topological polar surface area (TPSA) is 76.1 Å². The molecular formula is C48H95NO5. The van der Waals surface area contributed by atoms with E-state index < -0.39 is 0 Å². The molecule has 0 bridgehead atoms. The highest BCUT2D eigenvalue weighted by molar-refractivity contribution is 5.69. The Morgan fingerprint density at radius 3 is 1.09 bits per heavy atom. The van der Waals surface area contributed by atoms with E-state index in [4.69, 9.17) is 9.47 Å². The monoisotopic (exact) mass is 766 g/mol. The predicted molar refractivity (Wildman–Crippen MR) is 232 cm³/mol. The van der Waals surface area contributed by atoms with Gasteiger partial charge in [0.2, 0.25) is 0 Å². The first kappa shape index (κ1) is 52.9. The molecule has 0 heterocycles. The number of carbonyl (C=O) groups excluding carboxylic acids is 2. The van der Waals surface area contributed by atoms with Crippen molar-refractivity contribution in [2.75, 3.05) is 19.7 Å². The maximum atomic E-state index is 12.8. The van der Waals surface area contributed by atoms with E-state index in [9.17, 15) is 14.7 Å². The third-order valence-electron chi connectivity index (χ3n) is 11.4. The zero-order chi connectivity index (χ0) is 39.7. The number of hydrogen-bond acceptors (Lipinski definition) is 6. The summed E-state index contributed by atoms with van der Waals surface area (Å²) in [5, 5.41) is 9.86. The lowest BCUT2D eigenvalue weighted by Gasteiger charge is -2.27. The minimum atomic E-state index is -0.00597. The quantitative estimate of drug-likeness (QED) is 0.0492. The van der Waals surface area contributed by atoms with E-state index in [-0.39, 0.29) is 36.8 Å². The number of aliphatic hydroxyl groups excluding tert-OH is 1. The lowest BCUT2D eigenvalue weighted by molar-refractivity contribution is -0.151. The van der Waals surface area contributed by atoms with Gasteiger partial charge in [-0.25, -0.2) is 0 Å². The fourth-order valence-corrected chi connectivity index (χ4v) is 7.69. The third-order valence-corrected chi connectivity index (χ3v) is 11.4. The Bertz CT molecular complexity index is 775. The highest BCUT2D eigenvalue weighted by atomic mass is 16.5. The van der Waals surface area contributed by atoms with E-state index in [0.717, 1.165) is 109 Å². The molecular weight excluding hydrogens is 671 g/mol. The number of carbonyl (C=O) groups is 2. The molecule has 0 spiro atoms.